The third-order valence-corrected chi connectivity index (χ3v) is 2.35. The highest BCUT2D eigenvalue weighted by molar-refractivity contribution is 5.37. The van der Waals surface area contributed by atoms with Gasteiger partial charge in [-0.05, 0) is 20.3 Å². The van der Waals surface area contributed by atoms with Crippen molar-refractivity contribution < 1.29 is 9.84 Å². The molecule has 102 valence electrons. The summed E-state index contributed by atoms with van der Waals surface area (Å²) in [6.45, 7) is 6.02. The Morgan fingerprint density at radius 2 is 2.06 bits per heavy atom. The van der Waals surface area contributed by atoms with Gasteiger partial charge in [0.05, 0.1) is 6.61 Å². The molecule has 0 aliphatic rings. The molecule has 1 aromatic heterocycles. The van der Waals surface area contributed by atoms with Gasteiger partial charge in [0.1, 0.15) is 0 Å². The molecule has 1 rings (SSSR count). The first kappa shape index (κ1) is 14.4. The van der Waals surface area contributed by atoms with Gasteiger partial charge >= 0.3 is 6.01 Å². The molecule has 2 N–H and O–H groups in total. The van der Waals surface area contributed by atoms with Crippen molar-refractivity contribution in [2.45, 2.75) is 20.3 Å². The first-order valence-electron chi connectivity index (χ1n) is 6.17. The molecule has 7 nitrogen and oxygen atoms in total. The van der Waals surface area contributed by atoms with E-state index in [4.69, 9.17) is 9.84 Å². The molecule has 0 aliphatic heterocycles. The number of nitrogens with zero attached hydrogens (tertiary/aromatic N) is 4. The van der Waals surface area contributed by atoms with Gasteiger partial charge in [0.25, 0.3) is 0 Å². The number of rotatable bonds is 8. The predicted molar refractivity (Wildman–Crippen MR) is 70.1 cm³/mol. The monoisotopic (exact) mass is 255 g/mol. The summed E-state index contributed by atoms with van der Waals surface area (Å²) in [4.78, 5) is 14.6. The van der Waals surface area contributed by atoms with E-state index in [0.29, 0.717) is 37.5 Å². The highest BCUT2D eigenvalue weighted by atomic mass is 16.5. The topological polar surface area (TPSA) is 83.4 Å². The molecule has 0 amide bonds. The molecule has 0 atom stereocenters. The van der Waals surface area contributed by atoms with Crippen LogP contribution in [-0.4, -0.2) is 53.4 Å². The van der Waals surface area contributed by atoms with Crippen LogP contribution in [0, 0.1) is 0 Å². The van der Waals surface area contributed by atoms with Crippen LogP contribution in [0.3, 0.4) is 0 Å². The molecule has 18 heavy (non-hydrogen) atoms. The average molecular weight is 255 g/mol. The Morgan fingerprint density at radius 1 is 1.28 bits per heavy atom. The summed E-state index contributed by atoms with van der Waals surface area (Å²) >= 11 is 0. The summed E-state index contributed by atoms with van der Waals surface area (Å²) in [5, 5.41) is 11.8. The zero-order chi connectivity index (χ0) is 13.4. The summed E-state index contributed by atoms with van der Waals surface area (Å²) in [7, 11) is 1.75. The zero-order valence-corrected chi connectivity index (χ0v) is 11.2. The molecule has 0 saturated carbocycles. The maximum atomic E-state index is 8.88. The first-order chi connectivity index (χ1) is 8.74. The lowest BCUT2D eigenvalue weighted by atomic mass is 10.4. The number of ether oxygens (including phenoxy) is 1. The quantitative estimate of drug-likeness (QED) is 0.700. The van der Waals surface area contributed by atoms with E-state index < -0.39 is 0 Å². The Hall–Kier alpha value is -1.63. The van der Waals surface area contributed by atoms with E-state index in [1.807, 2.05) is 18.7 Å². The standard InChI is InChI=1S/C11H21N5O2/c1-4-16(7-6-8-17)10-13-9(12-3)14-11(15-10)18-5-2/h17H,4-8H2,1-3H3,(H,12,13,14,15). The van der Waals surface area contributed by atoms with E-state index in [0.717, 1.165) is 6.54 Å². The van der Waals surface area contributed by atoms with Crippen LogP contribution in [0.15, 0.2) is 0 Å². The van der Waals surface area contributed by atoms with Crippen LogP contribution in [0.4, 0.5) is 11.9 Å². The second-order valence-electron chi connectivity index (χ2n) is 3.58. The molecule has 0 bridgehead atoms. The largest absolute Gasteiger partial charge is 0.464 e. The number of hydrogen-bond acceptors (Lipinski definition) is 7. The smallest absolute Gasteiger partial charge is 0.323 e. The van der Waals surface area contributed by atoms with Crippen LogP contribution in [0.25, 0.3) is 0 Å². The fourth-order valence-corrected chi connectivity index (χ4v) is 1.45. The maximum absolute atomic E-state index is 8.88. The molecule has 0 fully saturated rings. The normalized spacial score (nSPS) is 10.2. The maximum Gasteiger partial charge on any atom is 0.323 e. The van der Waals surface area contributed by atoms with Gasteiger partial charge in [0.2, 0.25) is 11.9 Å². The summed E-state index contributed by atoms with van der Waals surface area (Å²) in [5.74, 6) is 1.04. The molecule has 0 radical (unpaired) electrons. The van der Waals surface area contributed by atoms with Crippen molar-refractivity contribution >= 4 is 11.9 Å². The molecule has 7 heteroatoms. The van der Waals surface area contributed by atoms with Gasteiger partial charge in [-0.1, -0.05) is 0 Å². The fourth-order valence-electron chi connectivity index (χ4n) is 1.45. The minimum atomic E-state index is 0.152. The van der Waals surface area contributed by atoms with Crippen LogP contribution in [0.5, 0.6) is 6.01 Å². The second-order valence-corrected chi connectivity index (χ2v) is 3.58. The Kier molecular flexibility index (Phi) is 6.13. The number of aromatic nitrogens is 3. The van der Waals surface area contributed by atoms with E-state index in [2.05, 4.69) is 20.3 Å². The van der Waals surface area contributed by atoms with Gasteiger partial charge in [-0.15, -0.1) is 0 Å². The number of hydrogen-bond donors (Lipinski definition) is 2. The third-order valence-electron chi connectivity index (χ3n) is 2.35. The van der Waals surface area contributed by atoms with E-state index in [-0.39, 0.29) is 6.61 Å². The Labute approximate surface area is 107 Å². The molecular formula is C11H21N5O2. The van der Waals surface area contributed by atoms with Crippen molar-refractivity contribution in [3.63, 3.8) is 0 Å². The first-order valence-corrected chi connectivity index (χ1v) is 6.17. The van der Waals surface area contributed by atoms with E-state index in [1.165, 1.54) is 0 Å². The van der Waals surface area contributed by atoms with Crippen LogP contribution in [0.1, 0.15) is 20.3 Å². The molecular weight excluding hydrogens is 234 g/mol. The van der Waals surface area contributed by atoms with Crippen LogP contribution in [0.2, 0.25) is 0 Å². The SMILES string of the molecule is CCOc1nc(NC)nc(N(CC)CCCO)n1. The Morgan fingerprint density at radius 3 is 2.61 bits per heavy atom. The van der Waals surface area contributed by atoms with E-state index in [1.54, 1.807) is 7.05 Å². The molecule has 1 heterocycles. The number of aliphatic hydroxyl groups is 1. The van der Waals surface area contributed by atoms with Crippen molar-refractivity contribution in [3.05, 3.63) is 0 Å². The van der Waals surface area contributed by atoms with Crippen LogP contribution < -0.4 is 15.0 Å². The molecule has 0 aromatic carbocycles. The fraction of sp³-hybridized carbons (Fsp3) is 0.727. The molecule has 0 saturated heterocycles. The number of anilines is 2. The highest BCUT2D eigenvalue weighted by Crippen LogP contribution is 2.14. The van der Waals surface area contributed by atoms with E-state index in [9.17, 15) is 0 Å². The molecule has 0 unspecified atom stereocenters. The highest BCUT2D eigenvalue weighted by Gasteiger charge is 2.12. The van der Waals surface area contributed by atoms with Gasteiger partial charge < -0.3 is 20.1 Å². The number of nitrogens with one attached hydrogen (secondary N) is 1. The van der Waals surface area contributed by atoms with Crippen molar-refractivity contribution in [1.82, 2.24) is 15.0 Å². The summed E-state index contributed by atoms with van der Waals surface area (Å²) in [6.07, 6.45) is 0.679. The summed E-state index contributed by atoms with van der Waals surface area (Å²) < 4.78 is 5.31. The van der Waals surface area contributed by atoms with Gasteiger partial charge in [-0.2, -0.15) is 15.0 Å². The van der Waals surface area contributed by atoms with Crippen molar-refractivity contribution in [3.8, 4) is 6.01 Å². The average Bonchev–Trinajstić information content (AvgIpc) is 2.39. The third kappa shape index (κ3) is 3.99. The lowest BCUT2D eigenvalue weighted by Gasteiger charge is -2.20. The Bertz CT molecular complexity index is 361. The van der Waals surface area contributed by atoms with Gasteiger partial charge in [-0.25, -0.2) is 0 Å². The molecule has 1 aromatic rings. The van der Waals surface area contributed by atoms with Crippen LogP contribution in [-0.2, 0) is 0 Å². The number of aliphatic hydroxyl groups excluding tert-OH is 1. The van der Waals surface area contributed by atoms with Crippen molar-refractivity contribution in [1.29, 1.82) is 0 Å². The Balaban J connectivity index is 2.93. The lowest BCUT2D eigenvalue weighted by molar-refractivity contribution is 0.289. The minimum Gasteiger partial charge on any atom is -0.464 e. The van der Waals surface area contributed by atoms with Gasteiger partial charge in [0.15, 0.2) is 0 Å². The molecule has 0 spiro atoms. The van der Waals surface area contributed by atoms with Crippen molar-refractivity contribution in [2.24, 2.45) is 0 Å². The molecule has 0 aliphatic carbocycles. The summed E-state index contributed by atoms with van der Waals surface area (Å²) in [5.41, 5.74) is 0. The van der Waals surface area contributed by atoms with E-state index >= 15 is 0 Å². The lowest BCUT2D eigenvalue weighted by Crippen LogP contribution is -2.27. The van der Waals surface area contributed by atoms with Crippen molar-refractivity contribution in [2.75, 3.05) is 43.6 Å². The summed E-state index contributed by atoms with van der Waals surface area (Å²) in [6, 6.07) is 0.314. The van der Waals surface area contributed by atoms with Gasteiger partial charge in [-0.3, -0.25) is 0 Å². The predicted octanol–water partition coefficient (Wildman–Crippen LogP) is 0.521. The van der Waals surface area contributed by atoms with Gasteiger partial charge in [0, 0.05) is 26.7 Å². The van der Waals surface area contributed by atoms with Crippen LogP contribution >= 0.6 is 0 Å². The second kappa shape index (κ2) is 7.65. The minimum absolute atomic E-state index is 0.152. The zero-order valence-electron chi connectivity index (χ0n) is 11.2.